The minimum atomic E-state index is -0.376. The maximum absolute atomic E-state index is 13.7. The molecule has 0 N–H and O–H groups in total. The van der Waals surface area contributed by atoms with Crippen LogP contribution in [-0.4, -0.2) is 17.1 Å². The Hall–Kier alpha value is -1.33. The van der Waals surface area contributed by atoms with Gasteiger partial charge in [-0.05, 0) is 43.0 Å². The number of nitrogens with zero attached hydrogens (tertiary/aromatic N) is 1. The van der Waals surface area contributed by atoms with E-state index in [2.05, 4.69) is 23.5 Å². The van der Waals surface area contributed by atoms with Crippen molar-refractivity contribution in [1.29, 1.82) is 0 Å². The van der Waals surface area contributed by atoms with E-state index in [9.17, 15) is 4.39 Å². The fourth-order valence-corrected chi connectivity index (χ4v) is 4.15. The summed E-state index contributed by atoms with van der Waals surface area (Å²) in [5.41, 5.74) is 1.85. The summed E-state index contributed by atoms with van der Waals surface area (Å²) in [5.74, 6) is 0.491. The predicted octanol–water partition coefficient (Wildman–Crippen LogP) is 4.87. The largest absolute Gasteiger partial charge is 0.388 e. The van der Waals surface area contributed by atoms with Gasteiger partial charge in [0.1, 0.15) is 17.1 Å². The van der Waals surface area contributed by atoms with Gasteiger partial charge in [0.05, 0.1) is 4.88 Å². The lowest BCUT2D eigenvalue weighted by atomic mass is 10.0. The SMILES string of the molecule is Cc1ccsc1C1=NOC(C)(CSc2ccccc2F)C1. The van der Waals surface area contributed by atoms with E-state index >= 15 is 0 Å². The van der Waals surface area contributed by atoms with Gasteiger partial charge < -0.3 is 4.84 Å². The molecular formula is C16H16FNOS2. The van der Waals surface area contributed by atoms with E-state index in [4.69, 9.17) is 4.84 Å². The highest BCUT2D eigenvalue weighted by Crippen LogP contribution is 2.34. The Labute approximate surface area is 132 Å². The number of aryl methyl sites for hydroxylation is 1. The van der Waals surface area contributed by atoms with Crippen molar-refractivity contribution in [1.82, 2.24) is 0 Å². The zero-order valence-electron chi connectivity index (χ0n) is 11.9. The number of hydrogen-bond acceptors (Lipinski definition) is 4. The molecule has 2 nitrogen and oxygen atoms in total. The third-order valence-electron chi connectivity index (χ3n) is 3.41. The van der Waals surface area contributed by atoms with Crippen molar-refractivity contribution in [2.24, 2.45) is 5.16 Å². The number of halogens is 1. The van der Waals surface area contributed by atoms with Crippen molar-refractivity contribution in [2.75, 3.05) is 5.75 Å². The molecule has 1 aromatic heterocycles. The normalized spacial score (nSPS) is 21.2. The van der Waals surface area contributed by atoms with Gasteiger partial charge >= 0.3 is 0 Å². The zero-order valence-corrected chi connectivity index (χ0v) is 13.6. The van der Waals surface area contributed by atoms with Gasteiger partial charge in [-0.1, -0.05) is 17.3 Å². The molecule has 0 saturated heterocycles. The van der Waals surface area contributed by atoms with Crippen molar-refractivity contribution >= 4 is 28.8 Å². The molecule has 0 aliphatic carbocycles. The van der Waals surface area contributed by atoms with Crippen LogP contribution in [0.5, 0.6) is 0 Å². The molecule has 1 aromatic carbocycles. The van der Waals surface area contributed by atoms with Crippen molar-refractivity contribution in [3.05, 3.63) is 52.0 Å². The molecule has 3 rings (SSSR count). The topological polar surface area (TPSA) is 21.6 Å². The minimum absolute atomic E-state index is 0.181. The van der Waals surface area contributed by atoms with Gasteiger partial charge in [0, 0.05) is 17.1 Å². The van der Waals surface area contributed by atoms with Crippen LogP contribution in [0.1, 0.15) is 23.8 Å². The standard InChI is InChI=1S/C16H16FNOS2/c1-11-7-8-20-15(11)13-9-16(2,19-18-13)10-21-14-6-4-3-5-12(14)17/h3-8H,9-10H2,1-2H3. The quantitative estimate of drug-likeness (QED) is 0.749. The highest BCUT2D eigenvalue weighted by molar-refractivity contribution is 7.99. The monoisotopic (exact) mass is 321 g/mol. The summed E-state index contributed by atoms with van der Waals surface area (Å²) in [7, 11) is 0. The number of thiophene rings is 1. The molecule has 1 atom stereocenters. The van der Waals surface area contributed by atoms with E-state index in [1.54, 1.807) is 23.5 Å². The van der Waals surface area contributed by atoms with Gasteiger partial charge in [-0.2, -0.15) is 0 Å². The van der Waals surface area contributed by atoms with Crippen LogP contribution in [0.2, 0.25) is 0 Å². The molecule has 110 valence electrons. The molecule has 2 heterocycles. The summed E-state index contributed by atoms with van der Waals surface area (Å²) in [4.78, 5) is 7.49. The lowest BCUT2D eigenvalue weighted by Crippen LogP contribution is -2.28. The molecule has 21 heavy (non-hydrogen) atoms. The first kappa shape index (κ1) is 14.6. The fourth-order valence-electron chi connectivity index (χ4n) is 2.24. The predicted molar refractivity (Wildman–Crippen MR) is 86.8 cm³/mol. The summed E-state index contributed by atoms with van der Waals surface area (Å²) in [6.07, 6.45) is 0.760. The third kappa shape index (κ3) is 3.14. The van der Waals surface area contributed by atoms with Crippen LogP contribution in [0.4, 0.5) is 4.39 Å². The molecule has 1 unspecified atom stereocenters. The number of rotatable bonds is 4. The first-order chi connectivity index (χ1) is 10.1. The van der Waals surface area contributed by atoms with Crippen LogP contribution >= 0.6 is 23.1 Å². The Balaban J connectivity index is 1.66. The molecule has 0 fully saturated rings. The average Bonchev–Trinajstić information content (AvgIpc) is 3.05. The summed E-state index contributed by atoms with van der Waals surface area (Å²) in [5, 5.41) is 6.31. The smallest absolute Gasteiger partial charge is 0.150 e. The van der Waals surface area contributed by atoms with E-state index < -0.39 is 0 Å². The lowest BCUT2D eigenvalue weighted by molar-refractivity contribution is 0.0163. The summed E-state index contributed by atoms with van der Waals surface area (Å²) in [6, 6.07) is 8.92. The van der Waals surface area contributed by atoms with Crippen LogP contribution < -0.4 is 0 Å². The van der Waals surface area contributed by atoms with Crippen molar-refractivity contribution in [3.8, 4) is 0 Å². The van der Waals surface area contributed by atoms with Crippen LogP contribution in [0.3, 0.4) is 0 Å². The Bertz CT molecular complexity index is 682. The van der Waals surface area contributed by atoms with Crippen molar-refractivity contribution < 1.29 is 9.23 Å². The molecular weight excluding hydrogens is 305 g/mol. The summed E-state index contributed by atoms with van der Waals surface area (Å²) in [6.45, 7) is 4.11. The second-order valence-electron chi connectivity index (χ2n) is 5.41. The Kier molecular flexibility index (Phi) is 4.04. The molecule has 1 aliphatic heterocycles. The van der Waals surface area contributed by atoms with Crippen LogP contribution in [0, 0.1) is 12.7 Å². The summed E-state index contributed by atoms with van der Waals surface area (Å²) >= 11 is 3.16. The van der Waals surface area contributed by atoms with Crippen LogP contribution in [-0.2, 0) is 4.84 Å². The van der Waals surface area contributed by atoms with Crippen molar-refractivity contribution in [2.45, 2.75) is 30.8 Å². The van der Waals surface area contributed by atoms with Crippen LogP contribution in [0.15, 0.2) is 45.8 Å². The molecule has 1 aliphatic rings. The van der Waals surface area contributed by atoms with Gasteiger partial charge in [-0.15, -0.1) is 23.1 Å². The van der Waals surface area contributed by atoms with E-state index in [1.165, 1.54) is 28.3 Å². The Morgan fingerprint density at radius 2 is 2.19 bits per heavy atom. The first-order valence-electron chi connectivity index (χ1n) is 6.74. The van der Waals surface area contributed by atoms with Gasteiger partial charge in [-0.25, -0.2) is 4.39 Å². The summed E-state index contributed by atoms with van der Waals surface area (Å²) < 4.78 is 13.7. The molecule has 0 bridgehead atoms. The number of thioether (sulfide) groups is 1. The molecule has 5 heteroatoms. The zero-order chi connectivity index (χ0) is 14.9. The number of benzene rings is 1. The minimum Gasteiger partial charge on any atom is -0.388 e. The van der Waals surface area contributed by atoms with Gasteiger partial charge in [0.25, 0.3) is 0 Å². The second kappa shape index (κ2) is 5.81. The average molecular weight is 321 g/mol. The lowest BCUT2D eigenvalue weighted by Gasteiger charge is -2.20. The van der Waals surface area contributed by atoms with E-state index in [0.717, 1.165) is 12.1 Å². The van der Waals surface area contributed by atoms with E-state index in [-0.39, 0.29) is 11.4 Å². The molecule has 2 aromatic rings. The third-order valence-corrected chi connectivity index (χ3v) is 5.87. The highest BCUT2D eigenvalue weighted by atomic mass is 32.2. The maximum Gasteiger partial charge on any atom is 0.150 e. The molecule has 0 saturated carbocycles. The van der Waals surface area contributed by atoms with E-state index in [1.807, 2.05) is 13.0 Å². The second-order valence-corrected chi connectivity index (χ2v) is 7.34. The number of oxime groups is 1. The molecule has 0 radical (unpaired) electrons. The molecule has 0 amide bonds. The maximum atomic E-state index is 13.7. The van der Waals surface area contributed by atoms with Crippen LogP contribution in [0.25, 0.3) is 0 Å². The van der Waals surface area contributed by atoms with E-state index in [0.29, 0.717) is 10.6 Å². The Morgan fingerprint density at radius 1 is 1.38 bits per heavy atom. The van der Waals surface area contributed by atoms with Gasteiger partial charge in [0.2, 0.25) is 0 Å². The van der Waals surface area contributed by atoms with Gasteiger partial charge in [-0.3, -0.25) is 0 Å². The first-order valence-corrected chi connectivity index (χ1v) is 8.61. The molecule has 0 spiro atoms. The highest BCUT2D eigenvalue weighted by Gasteiger charge is 2.35. The van der Waals surface area contributed by atoms with Gasteiger partial charge in [0.15, 0.2) is 0 Å². The Morgan fingerprint density at radius 3 is 2.90 bits per heavy atom. The van der Waals surface area contributed by atoms with Crippen molar-refractivity contribution in [3.63, 3.8) is 0 Å². The fraction of sp³-hybridized carbons (Fsp3) is 0.312. The number of hydrogen-bond donors (Lipinski definition) is 0.